The molecule has 0 saturated heterocycles. The molecule has 0 spiro atoms. The summed E-state index contributed by atoms with van der Waals surface area (Å²) in [6, 6.07) is 17.5. The fraction of sp³-hybridized carbons (Fsp3) is 0.517. The van der Waals surface area contributed by atoms with Gasteiger partial charge in [0.1, 0.15) is 5.75 Å². The van der Waals surface area contributed by atoms with Gasteiger partial charge in [-0.1, -0.05) is 75.6 Å². The van der Waals surface area contributed by atoms with E-state index in [0.29, 0.717) is 25.3 Å². The maximum Gasteiger partial charge on any atom is 0.333 e. The van der Waals surface area contributed by atoms with Crippen LogP contribution >= 0.6 is 0 Å². The van der Waals surface area contributed by atoms with E-state index < -0.39 is 12.1 Å². The lowest BCUT2D eigenvalue weighted by atomic mass is 9.91. The van der Waals surface area contributed by atoms with Gasteiger partial charge in [-0.2, -0.15) is 0 Å². The Morgan fingerprint density at radius 1 is 0.914 bits per heavy atom. The number of unbranched alkanes of at least 4 members (excludes halogenated alkanes) is 3. The van der Waals surface area contributed by atoms with Gasteiger partial charge >= 0.3 is 5.97 Å². The molecule has 1 unspecified atom stereocenters. The highest BCUT2D eigenvalue weighted by Gasteiger charge is 2.28. The number of amides is 1. The maximum atomic E-state index is 13.0. The van der Waals surface area contributed by atoms with Crippen LogP contribution in [0, 0.1) is 0 Å². The predicted molar refractivity (Wildman–Crippen MR) is 139 cm³/mol. The van der Waals surface area contributed by atoms with Crippen LogP contribution in [0.2, 0.25) is 0 Å². The number of aliphatic carboxylic acids is 1. The summed E-state index contributed by atoms with van der Waals surface area (Å²) in [6.07, 6.45) is 5.02. The van der Waals surface area contributed by atoms with Gasteiger partial charge in [-0.25, -0.2) is 4.79 Å². The number of rotatable bonds is 17. The molecule has 1 amide bonds. The van der Waals surface area contributed by atoms with Gasteiger partial charge < -0.3 is 19.5 Å². The Balaban J connectivity index is 1.97. The molecule has 0 aliphatic carbocycles. The summed E-state index contributed by atoms with van der Waals surface area (Å²) in [5.41, 5.74) is 2.10. The topological polar surface area (TPSA) is 76.1 Å². The highest BCUT2D eigenvalue weighted by atomic mass is 16.5. The first-order chi connectivity index (χ1) is 17.0. The second-order valence-corrected chi connectivity index (χ2v) is 8.76. The van der Waals surface area contributed by atoms with Gasteiger partial charge in [0.25, 0.3) is 5.91 Å². The third kappa shape index (κ3) is 9.73. The SMILES string of the molecule is CCCCCCN(CCc1ccccc1)C(=O)COc1ccc(C(CC)[C@H](OCC)C(=O)O)cc1. The van der Waals surface area contributed by atoms with Crippen LogP contribution in [0.4, 0.5) is 0 Å². The molecule has 1 N–H and O–H groups in total. The second kappa shape index (κ2) is 15.9. The standard InChI is InChI=1S/C29H41NO5/c1-4-7-8-12-20-30(21-19-23-13-10-9-11-14-23)27(31)22-35-25-17-15-24(16-18-25)26(5-2)28(29(32)33)34-6-3/h9-11,13-18,26,28H,4-8,12,19-22H2,1-3H3,(H,32,33)/t26?,28-/m0/s1. The molecule has 2 atom stereocenters. The van der Waals surface area contributed by atoms with Crippen LogP contribution in [0.25, 0.3) is 0 Å². The zero-order valence-electron chi connectivity index (χ0n) is 21.4. The molecule has 0 aliphatic rings. The van der Waals surface area contributed by atoms with Crippen LogP contribution in [0.1, 0.15) is 69.9 Å². The summed E-state index contributed by atoms with van der Waals surface area (Å²) in [7, 11) is 0. The van der Waals surface area contributed by atoms with Crippen molar-refractivity contribution in [3.05, 3.63) is 65.7 Å². The lowest BCUT2D eigenvalue weighted by molar-refractivity contribution is -0.151. The molecule has 0 fully saturated rings. The first kappa shape index (κ1) is 28.4. The van der Waals surface area contributed by atoms with E-state index in [0.717, 1.165) is 37.8 Å². The normalized spacial score (nSPS) is 12.7. The quantitative estimate of drug-likeness (QED) is 0.292. The van der Waals surface area contributed by atoms with E-state index in [2.05, 4.69) is 19.1 Å². The molecule has 0 radical (unpaired) electrons. The lowest BCUT2D eigenvalue weighted by Crippen LogP contribution is -2.37. The Bertz CT molecular complexity index is 868. The largest absolute Gasteiger partial charge is 0.484 e. The Morgan fingerprint density at radius 2 is 1.63 bits per heavy atom. The molecule has 6 nitrogen and oxygen atoms in total. The van der Waals surface area contributed by atoms with Crippen molar-refractivity contribution in [1.82, 2.24) is 4.90 Å². The average Bonchev–Trinajstić information content (AvgIpc) is 2.88. The summed E-state index contributed by atoms with van der Waals surface area (Å²) >= 11 is 0. The number of benzene rings is 2. The Labute approximate surface area is 210 Å². The number of carboxylic acid groups (broad SMARTS) is 1. The molecule has 0 bridgehead atoms. The highest BCUT2D eigenvalue weighted by molar-refractivity contribution is 5.77. The molecule has 0 saturated carbocycles. The van der Waals surface area contributed by atoms with Crippen molar-refractivity contribution >= 4 is 11.9 Å². The molecule has 192 valence electrons. The highest BCUT2D eigenvalue weighted by Crippen LogP contribution is 2.27. The second-order valence-electron chi connectivity index (χ2n) is 8.76. The molecular formula is C29H41NO5. The molecule has 2 rings (SSSR count). The lowest BCUT2D eigenvalue weighted by Gasteiger charge is -2.24. The molecule has 2 aromatic rings. The molecular weight excluding hydrogens is 442 g/mol. The number of hydrogen-bond acceptors (Lipinski definition) is 4. The predicted octanol–water partition coefficient (Wildman–Crippen LogP) is 5.70. The van der Waals surface area contributed by atoms with Gasteiger partial charge in [-0.15, -0.1) is 0 Å². The zero-order valence-corrected chi connectivity index (χ0v) is 21.4. The summed E-state index contributed by atoms with van der Waals surface area (Å²) < 4.78 is 11.3. The fourth-order valence-electron chi connectivity index (χ4n) is 4.21. The average molecular weight is 484 g/mol. The van der Waals surface area contributed by atoms with Crippen molar-refractivity contribution in [3.8, 4) is 5.75 Å². The minimum absolute atomic E-state index is 0.0180. The van der Waals surface area contributed by atoms with E-state index in [4.69, 9.17) is 9.47 Å². The van der Waals surface area contributed by atoms with Gasteiger partial charge in [-0.3, -0.25) is 4.79 Å². The maximum absolute atomic E-state index is 13.0. The van der Waals surface area contributed by atoms with Gasteiger partial charge in [0, 0.05) is 25.6 Å². The van der Waals surface area contributed by atoms with Crippen LogP contribution in [0.3, 0.4) is 0 Å². The molecule has 0 heterocycles. The molecule has 2 aromatic carbocycles. The minimum atomic E-state index is -0.959. The number of carbonyl (C=O) groups excluding carboxylic acids is 1. The third-order valence-corrected chi connectivity index (χ3v) is 6.21. The Morgan fingerprint density at radius 3 is 2.23 bits per heavy atom. The number of nitrogens with zero attached hydrogens (tertiary/aromatic N) is 1. The van der Waals surface area contributed by atoms with Gasteiger partial charge in [-0.05, 0) is 49.4 Å². The van der Waals surface area contributed by atoms with E-state index in [1.165, 1.54) is 12.0 Å². The first-order valence-electron chi connectivity index (χ1n) is 12.9. The fourth-order valence-corrected chi connectivity index (χ4v) is 4.21. The van der Waals surface area contributed by atoms with Crippen molar-refractivity contribution in [1.29, 1.82) is 0 Å². The van der Waals surface area contributed by atoms with Crippen LogP contribution in [-0.4, -0.2) is 54.3 Å². The molecule has 6 heteroatoms. The number of carbonyl (C=O) groups is 2. The smallest absolute Gasteiger partial charge is 0.333 e. The number of ether oxygens (including phenoxy) is 2. The van der Waals surface area contributed by atoms with Crippen molar-refractivity contribution in [3.63, 3.8) is 0 Å². The summed E-state index contributed by atoms with van der Waals surface area (Å²) in [6.45, 7) is 7.66. The van der Waals surface area contributed by atoms with Crippen LogP contribution < -0.4 is 4.74 Å². The van der Waals surface area contributed by atoms with Gasteiger partial charge in [0.2, 0.25) is 0 Å². The third-order valence-electron chi connectivity index (χ3n) is 6.21. The van der Waals surface area contributed by atoms with Crippen molar-refractivity contribution in [2.24, 2.45) is 0 Å². The van der Waals surface area contributed by atoms with Crippen LogP contribution in [0.15, 0.2) is 54.6 Å². The van der Waals surface area contributed by atoms with Crippen molar-refractivity contribution < 1.29 is 24.2 Å². The molecule has 35 heavy (non-hydrogen) atoms. The minimum Gasteiger partial charge on any atom is -0.484 e. The van der Waals surface area contributed by atoms with Gasteiger partial charge in [0.15, 0.2) is 12.7 Å². The Kier molecular flexibility index (Phi) is 12.9. The van der Waals surface area contributed by atoms with Crippen LogP contribution in [0.5, 0.6) is 5.75 Å². The monoisotopic (exact) mass is 483 g/mol. The summed E-state index contributed by atoms with van der Waals surface area (Å²) in [5.74, 6) is -0.636. The number of carboxylic acids is 1. The summed E-state index contributed by atoms with van der Waals surface area (Å²) in [5, 5.41) is 9.54. The molecule has 0 aliphatic heterocycles. The van der Waals surface area contributed by atoms with E-state index in [1.807, 2.05) is 42.2 Å². The van der Waals surface area contributed by atoms with E-state index in [-0.39, 0.29) is 18.4 Å². The first-order valence-corrected chi connectivity index (χ1v) is 12.9. The van der Waals surface area contributed by atoms with Gasteiger partial charge in [0.05, 0.1) is 0 Å². The van der Waals surface area contributed by atoms with E-state index >= 15 is 0 Å². The zero-order chi connectivity index (χ0) is 25.5. The van der Waals surface area contributed by atoms with Crippen molar-refractivity contribution in [2.75, 3.05) is 26.3 Å². The van der Waals surface area contributed by atoms with Crippen LogP contribution in [-0.2, 0) is 20.7 Å². The molecule has 0 aromatic heterocycles. The summed E-state index contributed by atoms with van der Waals surface area (Å²) in [4.78, 5) is 26.5. The van der Waals surface area contributed by atoms with E-state index in [1.54, 1.807) is 19.1 Å². The Hall–Kier alpha value is -2.86. The number of hydrogen-bond donors (Lipinski definition) is 1. The van der Waals surface area contributed by atoms with E-state index in [9.17, 15) is 14.7 Å². The van der Waals surface area contributed by atoms with Crippen molar-refractivity contribution in [2.45, 2.75) is 71.3 Å².